The van der Waals surface area contributed by atoms with Gasteiger partial charge in [-0.3, -0.25) is 0 Å². The second-order valence-electron chi connectivity index (χ2n) is 4.96. The van der Waals surface area contributed by atoms with Crippen LogP contribution in [0, 0.1) is 12.7 Å². The van der Waals surface area contributed by atoms with E-state index in [1.807, 2.05) is 43.3 Å². The fourth-order valence-corrected chi connectivity index (χ4v) is 2.95. The molecule has 22 heavy (non-hydrogen) atoms. The van der Waals surface area contributed by atoms with Gasteiger partial charge < -0.3 is 0 Å². The number of halogens is 1. The Kier molecular flexibility index (Phi) is 4.49. The molecular weight excluding hydrogens is 295 g/mol. The van der Waals surface area contributed by atoms with Gasteiger partial charge >= 0.3 is 0 Å². The van der Waals surface area contributed by atoms with E-state index in [9.17, 15) is 4.39 Å². The summed E-state index contributed by atoms with van der Waals surface area (Å²) in [6, 6.07) is 18.6. The van der Waals surface area contributed by atoms with Gasteiger partial charge in [-0.1, -0.05) is 54.2 Å². The quantitative estimate of drug-likeness (QED) is 0.507. The number of rotatable bonds is 4. The third kappa shape index (κ3) is 3.71. The summed E-state index contributed by atoms with van der Waals surface area (Å²) in [4.78, 5) is 9.08. The molecule has 4 heteroatoms. The Balaban J connectivity index is 1.79. The zero-order valence-corrected chi connectivity index (χ0v) is 13.0. The maximum Gasteiger partial charge on any atom is 0.188 e. The van der Waals surface area contributed by atoms with Crippen LogP contribution in [-0.2, 0) is 5.75 Å². The molecule has 0 aliphatic carbocycles. The average Bonchev–Trinajstić information content (AvgIpc) is 2.55. The number of aryl methyl sites for hydroxylation is 1. The molecule has 0 bridgehead atoms. The molecule has 0 fully saturated rings. The number of aromatic nitrogens is 2. The van der Waals surface area contributed by atoms with Crippen LogP contribution < -0.4 is 0 Å². The third-order valence-corrected chi connectivity index (χ3v) is 4.10. The minimum Gasteiger partial charge on any atom is -0.228 e. The summed E-state index contributed by atoms with van der Waals surface area (Å²) in [5.41, 5.74) is 4.00. The van der Waals surface area contributed by atoms with Gasteiger partial charge in [0.05, 0.1) is 5.69 Å². The Morgan fingerprint density at radius 1 is 0.955 bits per heavy atom. The monoisotopic (exact) mass is 310 g/mol. The van der Waals surface area contributed by atoms with Crippen molar-refractivity contribution in [2.45, 2.75) is 17.8 Å². The van der Waals surface area contributed by atoms with E-state index in [0.717, 1.165) is 33.4 Å². The molecule has 2 aromatic carbocycles. The number of hydrogen-bond acceptors (Lipinski definition) is 3. The maximum absolute atomic E-state index is 12.9. The van der Waals surface area contributed by atoms with Crippen molar-refractivity contribution in [2.75, 3.05) is 0 Å². The molecule has 0 unspecified atom stereocenters. The fraction of sp³-hybridized carbons (Fsp3) is 0.111. The molecule has 1 aromatic heterocycles. The van der Waals surface area contributed by atoms with Crippen LogP contribution >= 0.6 is 11.8 Å². The molecule has 0 saturated heterocycles. The molecule has 0 atom stereocenters. The zero-order chi connectivity index (χ0) is 15.4. The Morgan fingerprint density at radius 2 is 1.68 bits per heavy atom. The SMILES string of the molecule is Cc1cc(-c2ccccc2)nc(SCc2ccc(F)cc2)n1. The molecule has 0 N–H and O–H groups in total. The van der Waals surface area contributed by atoms with E-state index in [2.05, 4.69) is 9.97 Å². The first-order valence-electron chi connectivity index (χ1n) is 6.99. The van der Waals surface area contributed by atoms with Gasteiger partial charge in [-0.05, 0) is 30.7 Å². The molecule has 1 heterocycles. The average molecular weight is 310 g/mol. The van der Waals surface area contributed by atoms with E-state index in [-0.39, 0.29) is 5.82 Å². The Bertz CT molecular complexity index is 758. The molecule has 0 spiro atoms. The Morgan fingerprint density at radius 3 is 2.41 bits per heavy atom. The predicted molar refractivity (Wildman–Crippen MR) is 88.2 cm³/mol. The number of thioether (sulfide) groups is 1. The molecular formula is C18H15FN2S. The van der Waals surface area contributed by atoms with Crippen LogP contribution in [0.15, 0.2) is 65.8 Å². The van der Waals surface area contributed by atoms with Gasteiger partial charge in [-0.15, -0.1) is 0 Å². The van der Waals surface area contributed by atoms with Gasteiger partial charge in [0.15, 0.2) is 5.16 Å². The molecule has 2 nitrogen and oxygen atoms in total. The van der Waals surface area contributed by atoms with Gasteiger partial charge in [0.1, 0.15) is 5.82 Å². The van der Waals surface area contributed by atoms with Crippen LogP contribution in [0.25, 0.3) is 11.3 Å². The van der Waals surface area contributed by atoms with E-state index in [1.54, 1.807) is 23.9 Å². The van der Waals surface area contributed by atoms with Crippen molar-refractivity contribution in [2.24, 2.45) is 0 Å². The molecule has 110 valence electrons. The van der Waals surface area contributed by atoms with E-state index >= 15 is 0 Å². The van der Waals surface area contributed by atoms with Crippen molar-refractivity contribution in [3.63, 3.8) is 0 Å². The van der Waals surface area contributed by atoms with Crippen LogP contribution in [0.4, 0.5) is 4.39 Å². The summed E-state index contributed by atoms with van der Waals surface area (Å²) in [6.07, 6.45) is 0. The minimum absolute atomic E-state index is 0.216. The third-order valence-electron chi connectivity index (χ3n) is 3.18. The van der Waals surface area contributed by atoms with Crippen molar-refractivity contribution in [1.29, 1.82) is 0 Å². The Labute approximate surface area is 133 Å². The van der Waals surface area contributed by atoms with Crippen molar-refractivity contribution < 1.29 is 4.39 Å². The Hall–Kier alpha value is -2.20. The molecule has 0 aliphatic rings. The highest BCUT2D eigenvalue weighted by Crippen LogP contribution is 2.24. The standard InChI is InChI=1S/C18H15FN2S/c1-13-11-17(15-5-3-2-4-6-15)21-18(20-13)22-12-14-7-9-16(19)10-8-14/h2-11H,12H2,1H3. The first kappa shape index (κ1) is 14.7. The maximum atomic E-state index is 12.9. The highest BCUT2D eigenvalue weighted by molar-refractivity contribution is 7.98. The second kappa shape index (κ2) is 6.71. The summed E-state index contributed by atoms with van der Waals surface area (Å²) in [6.45, 7) is 1.97. The van der Waals surface area contributed by atoms with Crippen molar-refractivity contribution >= 4 is 11.8 Å². The first-order chi connectivity index (χ1) is 10.7. The van der Waals surface area contributed by atoms with Gasteiger partial charge in [0.25, 0.3) is 0 Å². The van der Waals surface area contributed by atoms with Crippen LogP contribution in [0.1, 0.15) is 11.3 Å². The largest absolute Gasteiger partial charge is 0.228 e. The highest BCUT2D eigenvalue weighted by atomic mass is 32.2. The summed E-state index contributed by atoms with van der Waals surface area (Å²) in [7, 11) is 0. The smallest absolute Gasteiger partial charge is 0.188 e. The summed E-state index contributed by atoms with van der Waals surface area (Å²) in [5.74, 6) is 0.504. The van der Waals surface area contributed by atoms with E-state index in [1.165, 1.54) is 12.1 Å². The molecule has 0 aliphatic heterocycles. The summed E-state index contributed by atoms with van der Waals surface area (Å²) >= 11 is 1.56. The second-order valence-corrected chi connectivity index (χ2v) is 5.90. The van der Waals surface area contributed by atoms with E-state index < -0.39 is 0 Å². The van der Waals surface area contributed by atoms with Gasteiger partial charge in [-0.2, -0.15) is 0 Å². The fourth-order valence-electron chi connectivity index (χ4n) is 2.09. The van der Waals surface area contributed by atoms with Crippen LogP contribution in [0.2, 0.25) is 0 Å². The number of hydrogen-bond donors (Lipinski definition) is 0. The molecule has 3 rings (SSSR count). The molecule has 0 radical (unpaired) electrons. The topological polar surface area (TPSA) is 25.8 Å². The summed E-state index contributed by atoms with van der Waals surface area (Å²) in [5, 5.41) is 0.739. The highest BCUT2D eigenvalue weighted by Gasteiger charge is 2.05. The molecule has 0 saturated carbocycles. The minimum atomic E-state index is -0.216. The van der Waals surface area contributed by atoms with Gasteiger partial charge in [0, 0.05) is 17.0 Å². The lowest BCUT2D eigenvalue weighted by Gasteiger charge is -2.06. The van der Waals surface area contributed by atoms with Crippen LogP contribution in [0.3, 0.4) is 0 Å². The molecule has 3 aromatic rings. The van der Waals surface area contributed by atoms with Crippen LogP contribution in [0.5, 0.6) is 0 Å². The predicted octanol–water partition coefficient (Wildman–Crippen LogP) is 4.88. The number of nitrogens with zero attached hydrogens (tertiary/aromatic N) is 2. The van der Waals surface area contributed by atoms with Gasteiger partial charge in [0.2, 0.25) is 0 Å². The normalized spacial score (nSPS) is 10.6. The van der Waals surface area contributed by atoms with E-state index in [0.29, 0.717) is 0 Å². The van der Waals surface area contributed by atoms with Crippen molar-refractivity contribution in [1.82, 2.24) is 9.97 Å². The van der Waals surface area contributed by atoms with Gasteiger partial charge in [-0.25, -0.2) is 14.4 Å². The van der Waals surface area contributed by atoms with Crippen molar-refractivity contribution in [3.8, 4) is 11.3 Å². The van der Waals surface area contributed by atoms with Crippen molar-refractivity contribution in [3.05, 3.63) is 77.7 Å². The lowest BCUT2D eigenvalue weighted by atomic mass is 10.1. The number of benzene rings is 2. The van der Waals surface area contributed by atoms with E-state index in [4.69, 9.17) is 0 Å². The lowest BCUT2D eigenvalue weighted by Crippen LogP contribution is -1.94. The zero-order valence-electron chi connectivity index (χ0n) is 12.2. The van der Waals surface area contributed by atoms with Crippen LogP contribution in [-0.4, -0.2) is 9.97 Å². The first-order valence-corrected chi connectivity index (χ1v) is 7.97. The lowest BCUT2D eigenvalue weighted by molar-refractivity contribution is 0.627. The molecule has 0 amide bonds. The summed E-state index contributed by atoms with van der Waals surface area (Å²) < 4.78 is 12.9.